The van der Waals surface area contributed by atoms with Crippen molar-refractivity contribution in [3.05, 3.63) is 0 Å². The van der Waals surface area contributed by atoms with Gasteiger partial charge in [0.2, 0.25) is 0 Å². The molecule has 50 valence electrons. The first-order valence-corrected chi connectivity index (χ1v) is 3.18. The Balaban J connectivity index is 2.38. The summed E-state index contributed by atoms with van der Waals surface area (Å²) < 4.78 is 10.3. The minimum Gasteiger partial charge on any atom is -0.382 e. The van der Waals surface area contributed by atoms with Crippen LogP contribution >= 0.6 is 0 Å². The van der Waals surface area contributed by atoms with Crippen LogP contribution in [0.3, 0.4) is 0 Å². The molecule has 0 amide bonds. The van der Waals surface area contributed by atoms with E-state index in [1.165, 1.54) is 0 Å². The lowest BCUT2D eigenvalue weighted by atomic mass is 9.96. The maximum Gasteiger partial charge on any atom is 0.109 e. The van der Waals surface area contributed by atoms with Gasteiger partial charge in [-0.15, -0.1) is 0 Å². The average Bonchev–Trinajstić information content (AvgIpc) is 2.10. The zero-order chi connectivity index (χ0) is 6.85. The fraction of sp³-hybridized carbons (Fsp3) is 1.00. The molecule has 3 heteroatoms. The van der Waals surface area contributed by atoms with Crippen molar-refractivity contribution in [3.8, 4) is 0 Å². The molecule has 1 rings (SSSR count). The Hall–Kier alpha value is -0.0151. The van der Waals surface area contributed by atoms with Crippen LogP contribution in [0.15, 0.2) is 0 Å². The molecule has 3 atom stereocenters. The molecule has 1 aliphatic rings. The third-order valence-corrected chi connectivity index (χ3v) is 1.68. The molecule has 0 aliphatic carbocycles. The summed E-state index contributed by atoms with van der Waals surface area (Å²) in [6.07, 6.45) is 1.17. The topological polar surface area (TPSA) is 18.5 Å². The Morgan fingerprint density at radius 2 is 2.33 bits per heavy atom. The first kappa shape index (κ1) is 7.10. The minimum absolute atomic E-state index is 0.120. The van der Waals surface area contributed by atoms with E-state index in [4.69, 9.17) is 17.3 Å². The van der Waals surface area contributed by atoms with Gasteiger partial charge in [-0.05, 0) is 13.3 Å². The summed E-state index contributed by atoms with van der Waals surface area (Å²) in [6, 6.07) is -0.120. The number of methoxy groups -OCH3 is 1. The van der Waals surface area contributed by atoms with Crippen LogP contribution in [0.2, 0.25) is 0 Å². The molecule has 1 fully saturated rings. The van der Waals surface area contributed by atoms with E-state index in [1.54, 1.807) is 7.11 Å². The van der Waals surface area contributed by atoms with E-state index in [0.717, 1.165) is 6.42 Å². The molecule has 0 unspecified atom stereocenters. The summed E-state index contributed by atoms with van der Waals surface area (Å²) in [5, 5.41) is 0. The predicted octanol–water partition coefficient (Wildman–Crippen LogP) is 0.305. The molecule has 1 heterocycles. The van der Waals surface area contributed by atoms with E-state index in [1.807, 2.05) is 6.92 Å². The van der Waals surface area contributed by atoms with Gasteiger partial charge in [-0.3, -0.25) is 0 Å². The second-order valence-electron chi connectivity index (χ2n) is 2.39. The molecule has 9 heavy (non-hydrogen) atoms. The van der Waals surface area contributed by atoms with E-state index in [9.17, 15) is 0 Å². The zero-order valence-corrected chi connectivity index (χ0v) is 5.83. The summed E-state index contributed by atoms with van der Waals surface area (Å²) >= 11 is 0. The Morgan fingerprint density at radius 3 is 2.56 bits per heavy atom. The van der Waals surface area contributed by atoms with Gasteiger partial charge in [0.25, 0.3) is 0 Å². The molecule has 2 nitrogen and oxygen atoms in total. The lowest BCUT2D eigenvalue weighted by Crippen LogP contribution is -2.18. The molecule has 0 saturated carbocycles. The number of ether oxygens (including phenoxy) is 2. The van der Waals surface area contributed by atoms with E-state index >= 15 is 0 Å². The van der Waals surface area contributed by atoms with Gasteiger partial charge < -0.3 is 9.47 Å². The number of hydrogen-bond acceptors (Lipinski definition) is 2. The molecule has 0 aromatic heterocycles. The molecular weight excluding hydrogens is 115 g/mol. The van der Waals surface area contributed by atoms with E-state index in [0.29, 0.717) is 0 Å². The van der Waals surface area contributed by atoms with Gasteiger partial charge in [0.15, 0.2) is 0 Å². The largest absolute Gasteiger partial charge is 0.382 e. The van der Waals surface area contributed by atoms with Crippen molar-refractivity contribution in [2.75, 3.05) is 7.11 Å². The molecule has 0 bridgehead atoms. The monoisotopic (exact) mass is 126 g/mol. The summed E-state index contributed by atoms with van der Waals surface area (Å²) in [7, 11) is 7.17. The normalized spacial score (nSPS) is 43.6. The van der Waals surface area contributed by atoms with E-state index < -0.39 is 0 Å². The highest BCUT2D eigenvalue weighted by molar-refractivity contribution is 6.11. The highest BCUT2D eigenvalue weighted by Gasteiger charge is 2.28. The second kappa shape index (κ2) is 2.71. The highest BCUT2D eigenvalue weighted by Crippen LogP contribution is 2.19. The SMILES string of the molecule is [B][C@H]1C[C@H](OC)[C@@H](C)O1. The van der Waals surface area contributed by atoms with E-state index in [-0.39, 0.29) is 18.2 Å². The second-order valence-corrected chi connectivity index (χ2v) is 2.39. The van der Waals surface area contributed by atoms with Crippen molar-refractivity contribution in [2.24, 2.45) is 0 Å². The Kier molecular flexibility index (Phi) is 2.14. The predicted molar refractivity (Wildman–Crippen MR) is 35.5 cm³/mol. The molecule has 0 N–H and O–H groups in total. The fourth-order valence-electron chi connectivity index (χ4n) is 1.13. The maximum absolute atomic E-state index is 5.49. The lowest BCUT2D eigenvalue weighted by molar-refractivity contribution is 0.0211. The van der Waals surface area contributed by atoms with Gasteiger partial charge in [-0.25, -0.2) is 0 Å². The third kappa shape index (κ3) is 1.46. The van der Waals surface area contributed by atoms with Crippen molar-refractivity contribution >= 4 is 7.85 Å². The van der Waals surface area contributed by atoms with Gasteiger partial charge in [0.1, 0.15) is 7.85 Å². The van der Waals surface area contributed by atoms with Crippen LogP contribution in [0.1, 0.15) is 13.3 Å². The van der Waals surface area contributed by atoms with Crippen LogP contribution in [0.5, 0.6) is 0 Å². The summed E-state index contributed by atoms with van der Waals surface area (Å²) in [5.74, 6) is 0. The highest BCUT2D eigenvalue weighted by atomic mass is 16.6. The van der Waals surface area contributed by atoms with Gasteiger partial charge in [-0.1, -0.05) is 0 Å². The molecule has 2 radical (unpaired) electrons. The third-order valence-electron chi connectivity index (χ3n) is 1.68. The van der Waals surface area contributed by atoms with Crippen molar-refractivity contribution in [1.82, 2.24) is 0 Å². The smallest absolute Gasteiger partial charge is 0.109 e. The lowest BCUT2D eigenvalue weighted by Gasteiger charge is -2.10. The van der Waals surface area contributed by atoms with Crippen molar-refractivity contribution in [2.45, 2.75) is 31.6 Å². The van der Waals surface area contributed by atoms with Crippen molar-refractivity contribution in [3.63, 3.8) is 0 Å². The van der Waals surface area contributed by atoms with Gasteiger partial charge >= 0.3 is 0 Å². The van der Waals surface area contributed by atoms with Crippen LogP contribution < -0.4 is 0 Å². The van der Waals surface area contributed by atoms with E-state index in [2.05, 4.69) is 0 Å². The molecule has 1 aliphatic heterocycles. The number of rotatable bonds is 1. The Morgan fingerprint density at radius 1 is 1.67 bits per heavy atom. The van der Waals surface area contributed by atoms with Gasteiger partial charge in [-0.2, -0.15) is 0 Å². The fourth-order valence-corrected chi connectivity index (χ4v) is 1.13. The van der Waals surface area contributed by atoms with Crippen LogP contribution in [0.25, 0.3) is 0 Å². The number of hydrogen-bond donors (Lipinski definition) is 0. The van der Waals surface area contributed by atoms with Gasteiger partial charge in [0.05, 0.1) is 12.2 Å². The quantitative estimate of drug-likeness (QED) is 0.470. The Bertz CT molecular complexity index is 97.1. The molecule has 0 spiro atoms. The van der Waals surface area contributed by atoms with Crippen LogP contribution in [-0.4, -0.2) is 33.2 Å². The maximum atomic E-state index is 5.49. The van der Waals surface area contributed by atoms with Crippen LogP contribution in [0, 0.1) is 0 Å². The molecule has 1 saturated heterocycles. The van der Waals surface area contributed by atoms with Gasteiger partial charge in [0, 0.05) is 13.1 Å². The summed E-state index contributed by atoms with van der Waals surface area (Å²) in [5.41, 5.74) is 0. The molecule has 0 aromatic carbocycles. The average molecular weight is 126 g/mol. The Labute approximate surface area is 56.9 Å². The van der Waals surface area contributed by atoms with Crippen LogP contribution in [-0.2, 0) is 9.47 Å². The summed E-state index contributed by atoms with van der Waals surface area (Å²) in [6.45, 7) is 1.97. The standard InChI is InChI=1S/C6H11BO2/c1-4-5(8-2)3-6(7)9-4/h4-6H,3H2,1-2H3/t4-,5+,6-/m1/s1. The summed E-state index contributed by atoms with van der Waals surface area (Å²) in [4.78, 5) is 0. The van der Waals surface area contributed by atoms with Crippen molar-refractivity contribution in [1.29, 1.82) is 0 Å². The van der Waals surface area contributed by atoms with Crippen molar-refractivity contribution < 1.29 is 9.47 Å². The molecule has 0 aromatic rings. The van der Waals surface area contributed by atoms with Crippen LogP contribution in [0.4, 0.5) is 0 Å². The minimum atomic E-state index is -0.120. The first-order chi connectivity index (χ1) is 4.24. The molecular formula is C6H11BO2. The first-order valence-electron chi connectivity index (χ1n) is 3.18. The zero-order valence-electron chi connectivity index (χ0n) is 5.83.